The van der Waals surface area contributed by atoms with Gasteiger partial charge in [-0.1, -0.05) is 19.1 Å². The number of rotatable bonds is 7. The third-order valence-corrected chi connectivity index (χ3v) is 3.92. The maximum atomic E-state index is 10.7. The third-order valence-electron chi connectivity index (χ3n) is 3.92. The Morgan fingerprint density at radius 2 is 1.89 bits per heavy atom. The lowest BCUT2D eigenvalue weighted by atomic mass is 9.97. The summed E-state index contributed by atoms with van der Waals surface area (Å²) in [6.07, 6.45) is 1.68. The van der Waals surface area contributed by atoms with Crippen LogP contribution in [0.25, 0.3) is 0 Å². The van der Waals surface area contributed by atoms with Gasteiger partial charge in [-0.15, -0.1) is 0 Å². The number of nitrogens with one attached hydrogen (secondary N) is 1. The second kappa shape index (κ2) is 7.29. The van der Waals surface area contributed by atoms with Gasteiger partial charge in [-0.05, 0) is 69.0 Å². The number of aliphatic carboxylic acids is 1. The fourth-order valence-electron chi connectivity index (χ4n) is 2.07. The van der Waals surface area contributed by atoms with Crippen LogP contribution in [-0.4, -0.2) is 24.2 Å². The molecule has 0 heterocycles. The summed E-state index contributed by atoms with van der Waals surface area (Å²) < 4.78 is 0. The van der Waals surface area contributed by atoms with Crippen molar-refractivity contribution in [3.63, 3.8) is 0 Å². The van der Waals surface area contributed by atoms with Crippen molar-refractivity contribution in [3.05, 3.63) is 34.4 Å². The largest absolute Gasteiger partial charge is 0.481 e. The molecule has 0 saturated heterocycles. The molecule has 0 aliphatic heterocycles. The lowest BCUT2D eigenvalue weighted by Crippen LogP contribution is -2.22. The summed E-state index contributed by atoms with van der Waals surface area (Å²) in [5.41, 5.74) is 5.46. The van der Waals surface area contributed by atoms with Crippen LogP contribution in [0.15, 0.2) is 12.1 Å². The lowest BCUT2D eigenvalue weighted by molar-refractivity contribution is -0.141. The van der Waals surface area contributed by atoms with E-state index in [1.165, 1.54) is 22.3 Å². The summed E-state index contributed by atoms with van der Waals surface area (Å²) in [5, 5.41) is 12.1. The highest BCUT2D eigenvalue weighted by atomic mass is 16.4. The number of hydrogen-bond acceptors (Lipinski definition) is 2. The quantitative estimate of drug-likeness (QED) is 0.744. The Kier molecular flexibility index (Phi) is 6.03. The molecule has 2 N–H and O–H groups in total. The molecular formula is C16H25NO2. The summed E-state index contributed by atoms with van der Waals surface area (Å²) in [7, 11) is 0. The van der Waals surface area contributed by atoms with Gasteiger partial charge in [-0.3, -0.25) is 4.79 Å². The van der Waals surface area contributed by atoms with E-state index in [2.05, 4.69) is 38.2 Å². The first-order chi connectivity index (χ1) is 8.93. The van der Waals surface area contributed by atoms with E-state index in [0.717, 1.165) is 19.5 Å². The molecule has 1 atom stereocenters. The van der Waals surface area contributed by atoms with Gasteiger partial charge in [-0.25, -0.2) is 0 Å². The van der Waals surface area contributed by atoms with E-state index in [4.69, 9.17) is 5.11 Å². The van der Waals surface area contributed by atoms with Gasteiger partial charge < -0.3 is 10.4 Å². The van der Waals surface area contributed by atoms with Gasteiger partial charge in [0.05, 0.1) is 5.92 Å². The van der Waals surface area contributed by atoms with Crippen LogP contribution in [0.5, 0.6) is 0 Å². The molecule has 0 saturated carbocycles. The summed E-state index contributed by atoms with van der Waals surface area (Å²) >= 11 is 0. The minimum absolute atomic E-state index is 0.268. The van der Waals surface area contributed by atoms with Crippen LogP contribution in [0, 0.1) is 26.7 Å². The maximum absolute atomic E-state index is 10.7. The minimum atomic E-state index is -0.716. The van der Waals surface area contributed by atoms with Crippen LogP contribution in [0.3, 0.4) is 0 Å². The Labute approximate surface area is 116 Å². The van der Waals surface area contributed by atoms with Crippen LogP contribution >= 0.6 is 0 Å². The normalized spacial score (nSPS) is 12.4. The van der Waals surface area contributed by atoms with Crippen LogP contribution in [-0.2, 0) is 11.2 Å². The van der Waals surface area contributed by atoms with Gasteiger partial charge in [0.15, 0.2) is 0 Å². The zero-order chi connectivity index (χ0) is 14.4. The Balaban J connectivity index is 2.34. The highest BCUT2D eigenvalue weighted by Crippen LogP contribution is 2.17. The Morgan fingerprint density at radius 1 is 1.21 bits per heavy atom. The monoisotopic (exact) mass is 263 g/mol. The molecule has 0 radical (unpaired) electrons. The first-order valence-corrected chi connectivity index (χ1v) is 6.92. The number of carbonyl (C=O) groups is 1. The summed E-state index contributed by atoms with van der Waals surface area (Å²) in [5.74, 6) is -0.984. The Hall–Kier alpha value is -1.35. The minimum Gasteiger partial charge on any atom is -0.481 e. The highest BCUT2D eigenvalue weighted by Gasteiger charge is 2.09. The predicted octanol–water partition coefficient (Wildman–Crippen LogP) is 2.85. The van der Waals surface area contributed by atoms with Crippen molar-refractivity contribution < 1.29 is 9.90 Å². The van der Waals surface area contributed by atoms with E-state index in [1.54, 1.807) is 6.92 Å². The van der Waals surface area contributed by atoms with Crippen molar-refractivity contribution in [2.45, 2.75) is 40.5 Å². The van der Waals surface area contributed by atoms with E-state index >= 15 is 0 Å². The van der Waals surface area contributed by atoms with Gasteiger partial charge in [0, 0.05) is 0 Å². The SMILES string of the molecule is Cc1ccc(CCNCCC(C)C(=O)O)c(C)c1C. The Morgan fingerprint density at radius 3 is 2.53 bits per heavy atom. The molecule has 0 aliphatic carbocycles. The van der Waals surface area contributed by atoms with E-state index in [-0.39, 0.29) is 5.92 Å². The number of aryl methyl sites for hydroxylation is 1. The summed E-state index contributed by atoms with van der Waals surface area (Å²) in [6.45, 7) is 9.88. The fourth-order valence-corrected chi connectivity index (χ4v) is 2.07. The first-order valence-electron chi connectivity index (χ1n) is 6.92. The second-order valence-electron chi connectivity index (χ2n) is 5.32. The smallest absolute Gasteiger partial charge is 0.306 e. The molecule has 1 aromatic rings. The molecule has 1 unspecified atom stereocenters. The molecule has 0 aromatic heterocycles. The van der Waals surface area contributed by atoms with Crippen molar-refractivity contribution in [1.29, 1.82) is 0 Å². The van der Waals surface area contributed by atoms with E-state index in [0.29, 0.717) is 6.42 Å². The molecule has 3 nitrogen and oxygen atoms in total. The van der Waals surface area contributed by atoms with Gasteiger partial charge in [-0.2, -0.15) is 0 Å². The number of carboxylic acids is 1. The van der Waals surface area contributed by atoms with Crippen molar-refractivity contribution >= 4 is 5.97 Å². The Bertz CT molecular complexity index is 441. The zero-order valence-corrected chi connectivity index (χ0v) is 12.4. The zero-order valence-electron chi connectivity index (χ0n) is 12.4. The molecule has 3 heteroatoms. The molecular weight excluding hydrogens is 238 g/mol. The van der Waals surface area contributed by atoms with Crippen LogP contribution < -0.4 is 5.32 Å². The van der Waals surface area contributed by atoms with Crippen molar-refractivity contribution in [3.8, 4) is 0 Å². The molecule has 19 heavy (non-hydrogen) atoms. The fraction of sp³-hybridized carbons (Fsp3) is 0.562. The summed E-state index contributed by atoms with van der Waals surface area (Å²) in [6, 6.07) is 4.36. The average molecular weight is 263 g/mol. The first kappa shape index (κ1) is 15.7. The third kappa shape index (κ3) is 4.67. The molecule has 0 amide bonds. The van der Waals surface area contributed by atoms with Crippen LogP contribution in [0.2, 0.25) is 0 Å². The van der Waals surface area contributed by atoms with Crippen molar-refractivity contribution in [2.75, 3.05) is 13.1 Å². The van der Waals surface area contributed by atoms with Gasteiger partial charge in [0.2, 0.25) is 0 Å². The molecule has 0 spiro atoms. The van der Waals surface area contributed by atoms with E-state index < -0.39 is 5.97 Å². The molecule has 0 aliphatic rings. The molecule has 1 rings (SSSR count). The number of benzene rings is 1. The molecule has 106 valence electrons. The molecule has 0 fully saturated rings. The van der Waals surface area contributed by atoms with Gasteiger partial charge >= 0.3 is 5.97 Å². The van der Waals surface area contributed by atoms with E-state index in [9.17, 15) is 4.79 Å². The number of carboxylic acid groups (broad SMARTS) is 1. The van der Waals surface area contributed by atoms with Crippen LogP contribution in [0.1, 0.15) is 35.6 Å². The lowest BCUT2D eigenvalue weighted by Gasteiger charge is -2.12. The van der Waals surface area contributed by atoms with Gasteiger partial charge in [0.1, 0.15) is 0 Å². The topological polar surface area (TPSA) is 49.3 Å². The van der Waals surface area contributed by atoms with Crippen molar-refractivity contribution in [2.24, 2.45) is 5.92 Å². The van der Waals surface area contributed by atoms with Crippen LogP contribution in [0.4, 0.5) is 0 Å². The molecule has 0 bridgehead atoms. The predicted molar refractivity (Wildman–Crippen MR) is 78.6 cm³/mol. The highest BCUT2D eigenvalue weighted by molar-refractivity contribution is 5.69. The van der Waals surface area contributed by atoms with Gasteiger partial charge in [0.25, 0.3) is 0 Å². The average Bonchev–Trinajstić information content (AvgIpc) is 2.37. The maximum Gasteiger partial charge on any atom is 0.306 e. The molecule has 1 aromatic carbocycles. The second-order valence-corrected chi connectivity index (χ2v) is 5.32. The summed E-state index contributed by atoms with van der Waals surface area (Å²) in [4.78, 5) is 10.7. The van der Waals surface area contributed by atoms with Crippen molar-refractivity contribution in [1.82, 2.24) is 5.32 Å². The van der Waals surface area contributed by atoms with E-state index in [1.807, 2.05) is 0 Å². The standard InChI is InChI=1S/C16H25NO2/c1-11-5-6-15(14(4)13(11)3)8-10-17-9-7-12(2)16(18)19/h5-6,12,17H,7-10H2,1-4H3,(H,18,19). The number of hydrogen-bond donors (Lipinski definition) is 2.